The molecule has 0 atom stereocenters. The van der Waals surface area contributed by atoms with Crippen LogP contribution < -0.4 is 4.90 Å². The number of ether oxygens (including phenoxy) is 1. The smallest absolute Gasteiger partial charge is 0.265 e. The Morgan fingerprint density at radius 3 is 2.81 bits per heavy atom. The molecule has 0 fully saturated rings. The van der Waals surface area contributed by atoms with Crippen LogP contribution in [0.4, 0.5) is 5.69 Å². The molecule has 0 N–H and O–H groups in total. The van der Waals surface area contributed by atoms with Gasteiger partial charge in [0.15, 0.2) is 0 Å². The molecule has 0 saturated carbocycles. The number of hydrogen-bond donors (Lipinski definition) is 0. The Kier molecular flexibility index (Phi) is 5.38. The fourth-order valence-corrected chi connectivity index (χ4v) is 3.61. The molecule has 0 saturated heterocycles. The van der Waals surface area contributed by atoms with Crippen LogP contribution in [0, 0.1) is 17.9 Å². The third kappa shape index (κ3) is 4.23. The number of aryl methyl sites for hydroxylation is 1. The van der Waals surface area contributed by atoms with E-state index in [4.69, 9.17) is 16.6 Å². The zero-order valence-electron chi connectivity index (χ0n) is 16.2. The predicted molar refractivity (Wildman–Crippen MR) is 109 cm³/mol. The van der Waals surface area contributed by atoms with Crippen LogP contribution >= 0.6 is 0 Å². The van der Waals surface area contributed by atoms with E-state index in [0.717, 1.165) is 24.1 Å². The SMILES string of the molecule is [C-]#[N+]/C(C#N)=C1C=C(/C=C/c2ccc3c(c2)CCCN3C(C)(C)C)OCC/1. The highest BCUT2D eigenvalue weighted by atomic mass is 16.5. The van der Waals surface area contributed by atoms with Gasteiger partial charge in [-0.25, -0.2) is 10.1 Å². The lowest BCUT2D eigenvalue weighted by atomic mass is 9.94. The number of anilines is 1. The lowest BCUT2D eigenvalue weighted by Crippen LogP contribution is -2.44. The van der Waals surface area contributed by atoms with Gasteiger partial charge in [0.1, 0.15) is 5.76 Å². The molecule has 2 aliphatic heterocycles. The summed E-state index contributed by atoms with van der Waals surface area (Å²) in [5.41, 5.74) is 4.88. The fourth-order valence-electron chi connectivity index (χ4n) is 3.61. The third-order valence-corrected chi connectivity index (χ3v) is 4.95. The highest BCUT2D eigenvalue weighted by molar-refractivity contribution is 5.64. The summed E-state index contributed by atoms with van der Waals surface area (Å²) in [6.45, 7) is 15.5. The van der Waals surface area contributed by atoms with Crippen molar-refractivity contribution in [3.63, 3.8) is 0 Å². The van der Waals surface area contributed by atoms with Gasteiger partial charge in [0.05, 0.1) is 19.2 Å². The Labute approximate surface area is 161 Å². The van der Waals surface area contributed by atoms with Crippen LogP contribution in [0.3, 0.4) is 0 Å². The standard InChI is InChI=1S/C23H25N3O/c1-23(2,3)26-12-5-6-19-14-17(8-10-22(19)26)7-9-20-15-18(11-13-27-20)21(16-24)25-4/h7-10,14-15H,5-6,11-13H2,1-3H3/b9-7+,21-18+. The molecule has 2 heterocycles. The number of hydrogen-bond acceptors (Lipinski definition) is 3. The van der Waals surface area contributed by atoms with Crippen molar-refractivity contribution in [1.82, 2.24) is 0 Å². The summed E-state index contributed by atoms with van der Waals surface area (Å²) in [5, 5.41) is 9.05. The molecule has 0 spiro atoms. The molecular weight excluding hydrogens is 334 g/mol. The van der Waals surface area contributed by atoms with Crippen molar-refractivity contribution in [2.45, 2.75) is 45.6 Å². The zero-order valence-corrected chi connectivity index (χ0v) is 16.2. The van der Waals surface area contributed by atoms with E-state index in [1.54, 1.807) is 6.08 Å². The van der Waals surface area contributed by atoms with Gasteiger partial charge in [0, 0.05) is 17.8 Å². The van der Waals surface area contributed by atoms with E-state index < -0.39 is 0 Å². The maximum Gasteiger partial charge on any atom is 0.265 e. The molecule has 0 bridgehead atoms. The average Bonchev–Trinajstić information content (AvgIpc) is 2.66. The molecule has 2 aliphatic rings. The minimum Gasteiger partial charge on any atom is -0.493 e. The molecule has 1 aromatic carbocycles. The van der Waals surface area contributed by atoms with E-state index in [9.17, 15) is 0 Å². The normalized spacial score (nSPS) is 18.9. The summed E-state index contributed by atoms with van der Waals surface area (Å²) >= 11 is 0. The summed E-state index contributed by atoms with van der Waals surface area (Å²) in [6.07, 6.45) is 8.64. The molecule has 3 rings (SSSR count). The van der Waals surface area contributed by atoms with Gasteiger partial charge in [-0.3, -0.25) is 0 Å². The van der Waals surface area contributed by atoms with E-state index in [0.29, 0.717) is 18.8 Å². The van der Waals surface area contributed by atoms with Gasteiger partial charge in [-0.1, -0.05) is 12.1 Å². The number of allylic oxidation sites excluding steroid dienone is 3. The van der Waals surface area contributed by atoms with Gasteiger partial charge in [-0.05, 0) is 81.0 Å². The second kappa shape index (κ2) is 7.72. The van der Waals surface area contributed by atoms with Gasteiger partial charge < -0.3 is 9.64 Å². The molecule has 1 aromatic rings. The van der Waals surface area contributed by atoms with Crippen molar-refractivity contribution in [2.24, 2.45) is 0 Å². The molecule has 27 heavy (non-hydrogen) atoms. The largest absolute Gasteiger partial charge is 0.493 e. The zero-order chi connectivity index (χ0) is 19.4. The van der Waals surface area contributed by atoms with Crippen LogP contribution in [0.2, 0.25) is 0 Å². The van der Waals surface area contributed by atoms with Crippen LogP contribution in [-0.2, 0) is 11.2 Å². The highest BCUT2D eigenvalue weighted by Crippen LogP contribution is 2.33. The molecule has 0 unspecified atom stereocenters. The lowest BCUT2D eigenvalue weighted by molar-refractivity contribution is 0.219. The molecule has 0 amide bonds. The van der Waals surface area contributed by atoms with Gasteiger partial charge in [0.2, 0.25) is 0 Å². The van der Waals surface area contributed by atoms with Gasteiger partial charge in [-0.15, -0.1) is 0 Å². The first-order valence-electron chi connectivity index (χ1n) is 9.36. The maximum atomic E-state index is 9.05. The van der Waals surface area contributed by atoms with Crippen molar-refractivity contribution in [2.75, 3.05) is 18.1 Å². The Hall–Kier alpha value is -2.98. The molecule has 0 aliphatic carbocycles. The topological polar surface area (TPSA) is 40.6 Å². The molecule has 0 radical (unpaired) electrons. The first-order chi connectivity index (χ1) is 12.9. The van der Waals surface area contributed by atoms with Crippen LogP contribution in [0.15, 0.2) is 47.4 Å². The second-order valence-electron chi connectivity index (χ2n) is 7.89. The Bertz CT molecular complexity index is 885. The minimum absolute atomic E-state index is 0.122. The lowest BCUT2D eigenvalue weighted by Gasteiger charge is -2.41. The van der Waals surface area contributed by atoms with Gasteiger partial charge in [-0.2, -0.15) is 0 Å². The second-order valence-corrected chi connectivity index (χ2v) is 7.89. The van der Waals surface area contributed by atoms with Crippen molar-refractivity contribution >= 4 is 11.8 Å². The monoisotopic (exact) mass is 359 g/mol. The minimum atomic E-state index is 0.122. The van der Waals surface area contributed by atoms with Crippen LogP contribution in [0.1, 0.15) is 44.7 Å². The van der Waals surface area contributed by atoms with Crippen LogP contribution in [-0.4, -0.2) is 18.7 Å². The van der Waals surface area contributed by atoms with E-state index in [-0.39, 0.29) is 11.2 Å². The maximum absolute atomic E-state index is 9.05. The van der Waals surface area contributed by atoms with E-state index >= 15 is 0 Å². The predicted octanol–water partition coefficient (Wildman–Crippen LogP) is 5.25. The first kappa shape index (κ1) is 18.8. The average molecular weight is 359 g/mol. The third-order valence-electron chi connectivity index (χ3n) is 4.95. The number of nitrogens with zero attached hydrogens (tertiary/aromatic N) is 3. The van der Waals surface area contributed by atoms with Crippen molar-refractivity contribution in [1.29, 1.82) is 5.26 Å². The highest BCUT2D eigenvalue weighted by Gasteiger charge is 2.26. The van der Waals surface area contributed by atoms with Crippen LogP contribution in [0.5, 0.6) is 0 Å². The molecular formula is C23H25N3O. The summed E-state index contributed by atoms with van der Waals surface area (Å²) < 4.78 is 5.66. The van der Waals surface area contributed by atoms with Gasteiger partial charge >= 0.3 is 0 Å². The molecule has 4 heteroatoms. The summed E-state index contributed by atoms with van der Waals surface area (Å²) in [5.74, 6) is 0.696. The summed E-state index contributed by atoms with van der Waals surface area (Å²) in [6, 6.07) is 8.57. The Balaban J connectivity index is 1.84. The summed E-state index contributed by atoms with van der Waals surface area (Å²) in [4.78, 5) is 5.78. The Morgan fingerprint density at radius 2 is 2.11 bits per heavy atom. The van der Waals surface area contributed by atoms with E-state index in [1.807, 2.05) is 18.2 Å². The quantitative estimate of drug-likeness (QED) is 0.535. The fraction of sp³-hybridized carbons (Fsp3) is 0.391. The van der Waals surface area contributed by atoms with Crippen LogP contribution in [0.25, 0.3) is 10.9 Å². The van der Waals surface area contributed by atoms with Gasteiger partial charge in [0.25, 0.3) is 5.70 Å². The van der Waals surface area contributed by atoms with Crippen molar-refractivity contribution < 1.29 is 4.74 Å². The number of rotatable bonds is 2. The Morgan fingerprint density at radius 1 is 1.30 bits per heavy atom. The van der Waals surface area contributed by atoms with E-state index in [2.05, 4.69) is 48.7 Å². The van der Waals surface area contributed by atoms with E-state index in [1.165, 1.54) is 17.7 Å². The molecule has 0 aromatic heterocycles. The number of benzene rings is 1. The number of nitriles is 1. The first-order valence-corrected chi connectivity index (χ1v) is 9.36. The van der Waals surface area contributed by atoms with Crippen molar-refractivity contribution in [3.8, 4) is 6.07 Å². The molecule has 138 valence electrons. The summed E-state index contributed by atoms with van der Waals surface area (Å²) in [7, 11) is 0. The van der Waals surface area contributed by atoms with Crippen molar-refractivity contribution in [3.05, 3.63) is 69.9 Å². The number of fused-ring (bicyclic) bond motifs is 1. The molecule has 4 nitrogen and oxygen atoms in total.